The van der Waals surface area contributed by atoms with Gasteiger partial charge in [0, 0.05) is 15.5 Å². The van der Waals surface area contributed by atoms with E-state index in [0.29, 0.717) is 16.4 Å². The number of aromatic nitrogens is 1. The normalized spacial score (nSPS) is 12.2. The number of anilines is 1. The highest BCUT2D eigenvalue weighted by Crippen LogP contribution is 2.26. The van der Waals surface area contributed by atoms with Crippen molar-refractivity contribution in [2.45, 2.75) is 13.0 Å². The number of halogens is 2. The largest absolute Gasteiger partial charge is 0.322 e. The first-order chi connectivity index (χ1) is 8.97. The number of nitrogens with zero attached hydrogens (tertiary/aromatic N) is 1. The molecule has 0 spiro atoms. The molecule has 0 aliphatic heterocycles. The number of carbonyl (C=O) groups excluding carboxylic acids is 1. The predicted molar refractivity (Wildman–Crippen MR) is 81.8 cm³/mol. The predicted octanol–water partition coefficient (Wildman–Crippen LogP) is 3.83. The Labute approximate surface area is 128 Å². The van der Waals surface area contributed by atoms with Crippen molar-refractivity contribution in [3.8, 4) is 0 Å². The maximum absolute atomic E-state index is 12.0. The van der Waals surface area contributed by atoms with Crippen molar-refractivity contribution >= 4 is 50.5 Å². The number of thiazole rings is 1. The summed E-state index contributed by atoms with van der Waals surface area (Å²) in [4.78, 5) is 16.2. The van der Waals surface area contributed by atoms with Crippen LogP contribution in [0, 0.1) is 0 Å². The molecule has 0 fully saturated rings. The second-order valence-corrected chi connectivity index (χ2v) is 6.09. The van der Waals surface area contributed by atoms with Gasteiger partial charge in [0.25, 0.3) is 5.91 Å². The molecular formula is C12H11BrClN3OS. The summed E-state index contributed by atoms with van der Waals surface area (Å²) in [5.41, 5.74) is 6.73. The van der Waals surface area contributed by atoms with Gasteiger partial charge < -0.3 is 11.1 Å². The number of hydrogen-bond donors (Lipinski definition) is 2. The van der Waals surface area contributed by atoms with Gasteiger partial charge >= 0.3 is 0 Å². The minimum absolute atomic E-state index is 0.170. The molecule has 2 aromatic rings. The third kappa shape index (κ3) is 3.54. The summed E-state index contributed by atoms with van der Waals surface area (Å²) in [6, 6.07) is 5.00. The fraction of sp³-hybridized carbons (Fsp3) is 0.167. The summed E-state index contributed by atoms with van der Waals surface area (Å²) in [6.07, 6.45) is 0. The second-order valence-electron chi connectivity index (χ2n) is 3.94. The Kier molecular flexibility index (Phi) is 4.57. The molecular weight excluding hydrogens is 350 g/mol. The SMILES string of the molecule is CC(N)c1nc(C(=O)Nc2ccc(Cl)c(Br)c2)cs1. The third-order valence-electron chi connectivity index (χ3n) is 2.32. The zero-order chi connectivity index (χ0) is 14.0. The number of nitrogens with two attached hydrogens (primary N) is 1. The highest BCUT2D eigenvalue weighted by Gasteiger charge is 2.13. The minimum Gasteiger partial charge on any atom is -0.322 e. The lowest BCUT2D eigenvalue weighted by molar-refractivity contribution is 0.102. The fourth-order valence-electron chi connectivity index (χ4n) is 1.37. The first kappa shape index (κ1) is 14.5. The van der Waals surface area contributed by atoms with E-state index >= 15 is 0 Å². The van der Waals surface area contributed by atoms with Crippen LogP contribution in [0.25, 0.3) is 0 Å². The number of benzene rings is 1. The van der Waals surface area contributed by atoms with E-state index in [0.717, 1.165) is 9.48 Å². The van der Waals surface area contributed by atoms with Gasteiger partial charge in [-0.2, -0.15) is 0 Å². The summed E-state index contributed by atoms with van der Waals surface area (Å²) in [6.45, 7) is 1.83. The maximum atomic E-state index is 12.0. The van der Waals surface area contributed by atoms with Gasteiger partial charge in [0.15, 0.2) is 0 Å². The molecule has 1 heterocycles. The molecule has 7 heteroatoms. The average Bonchev–Trinajstić information content (AvgIpc) is 2.83. The molecule has 4 nitrogen and oxygen atoms in total. The number of nitrogens with one attached hydrogen (secondary N) is 1. The molecule has 2 rings (SSSR count). The van der Waals surface area contributed by atoms with E-state index in [-0.39, 0.29) is 11.9 Å². The van der Waals surface area contributed by atoms with Gasteiger partial charge in [-0.25, -0.2) is 4.98 Å². The Morgan fingerprint density at radius 2 is 2.32 bits per heavy atom. The van der Waals surface area contributed by atoms with Crippen molar-refractivity contribution in [2.24, 2.45) is 5.73 Å². The van der Waals surface area contributed by atoms with Crippen molar-refractivity contribution < 1.29 is 4.79 Å². The van der Waals surface area contributed by atoms with Gasteiger partial charge in [-0.1, -0.05) is 11.6 Å². The zero-order valence-corrected chi connectivity index (χ0v) is 13.1. The second kappa shape index (κ2) is 6.00. The Morgan fingerprint density at radius 3 is 2.89 bits per heavy atom. The molecule has 0 aliphatic rings. The molecule has 100 valence electrons. The summed E-state index contributed by atoms with van der Waals surface area (Å²) < 4.78 is 0.724. The zero-order valence-electron chi connectivity index (χ0n) is 9.98. The van der Waals surface area contributed by atoms with Crippen molar-refractivity contribution in [1.82, 2.24) is 4.98 Å². The quantitative estimate of drug-likeness (QED) is 0.874. The van der Waals surface area contributed by atoms with Gasteiger partial charge in [-0.05, 0) is 41.1 Å². The molecule has 3 N–H and O–H groups in total. The van der Waals surface area contributed by atoms with Crippen LogP contribution in [0.3, 0.4) is 0 Å². The Morgan fingerprint density at radius 1 is 1.58 bits per heavy atom. The van der Waals surface area contributed by atoms with Crippen LogP contribution in [0.4, 0.5) is 5.69 Å². The van der Waals surface area contributed by atoms with E-state index in [1.54, 1.807) is 23.6 Å². The van der Waals surface area contributed by atoms with Crippen LogP contribution >= 0.6 is 38.9 Å². The molecule has 0 saturated heterocycles. The summed E-state index contributed by atoms with van der Waals surface area (Å²) in [7, 11) is 0. The molecule has 0 saturated carbocycles. The molecule has 1 atom stereocenters. The van der Waals surface area contributed by atoms with Crippen LogP contribution in [0.1, 0.15) is 28.5 Å². The van der Waals surface area contributed by atoms with Gasteiger partial charge in [-0.15, -0.1) is 11.3 Å². The molecule has 1 amide bonds. The van der Waals surface area contributed by atoms with E-state index in [1.807, 2.05) is 6.92 Å². The standard InChI is InChI=1S/C12H11BrClN3OS/c1-6(15)12-17-10(5-19-12)11(18)16-7-2-3-9(14)8(13)4-7/h2-6H,15H2,1H3,(H,16,18). The van der Waals surface area contributed by atoms with Crippen LogP contribution in [-0.4, -0.2) is 10.9 Å². The summed E-state index contributed by atoms with van der Waals surface area (Å²) in [5, 5.41) is 5.77. The van der Waals surface area contributed by atoms with Gasteiger partial charge in [0.05, 0.1) is 11.1 Å². The van der Waals surface area contributed by atoms with Crippen molar-refractivity contribution in [1.29, 1.82) is 0 Å². The van der Waals surface area contributed by atoms with Gasteiger partial charge in [0.1, 0.15) is 10.7 Å². The number of carbonyl (C=O) groups is 1. The Hall–Kier alpha value is -0.950. The Bertz CT molecular complexity index is 615. The van der Waals surface area contributed by atoms with E-state index in [9.17, 15) is 4.79 Å². The van der Waals surface area contributed by atoms with Crippen LogP contribution in [0.5, 0.6) is 0 Å². The number of rotatable bonds is 3. The van der Waals surface area contributed by atoms with E-state index in [4.69, 9.17) is 17.3 Å². The first-order valence-electron chi connectivity index (χ1n) is 5.45. The van der Waals surface area contributed by atoms with E-state index < -0.39 is 0 Å². The van der Waals surface area contributed by atoms with Crippen molar-refractivity contribution in [3.63, 3.8) is 0 Å². The molecule has 0 radical (unpaired) electrons. The smallest absolute Gasteiger partial charge is 0.275 e. The number of amides is 1. The van der Waals surface area contributed by atoms with Crippen LogP contribution in [0.15, 0.2) is 28.1 Å². The lowest BCUT2D eigenvalue weighted by Gasteiger charge is -2.04. The van der Waals surface area contributed by atoms with E-state index in [2.05, 4.69) is 26.2 Å². The molecule has 0 aliphatic carbocycles. The van der Waals surface area contributed by atoms with Crippen molar-refractivity contribution in [3.05, 3.63) is 43.8 Å². The number of hydrogen-bond acceptors (Lipinski definition) is 4. The molecule has 0 bridgehead atoms. The van der Waals surface area contributed by atoms with Crippen LogP contribution in [0.2, 0.25) is 5.02 Å². The molecule has 1 unspecified atom stereocenters. The highest BCUT2D eigenvalue weighted by atomic mass is 79.9. The Balaban J connectivity index is 2.13. The van der Waals surface area contributed by atoms with Crippen LogP contribution < -0.4 is 11.1 Å². The molecule has 1 aromatic carbocycles. The molecule has 19 heavy (non-hydrogen) atoms. The monoisotopic (exact) mass is 359 g/mol. The lowest BCUT2D eigenvalue weighted by atomic mass is 10.3. The lowest BCUT2D eigenvalue weighted by Crippen LogP contribution is -2.13. The minimum atomic E-state index is -0.266. The van der Waals surface area contributed by atoms with Gasteiger partial charge in [0.2, 0.25) is 0 Å². The summed E-state index contributed by atoms with van der Waals surface area (Å²) >= 11 is 10.6. The van der Waals surface area contributed by atoms with E-state index in [1.165, 1.54) is 11.3 Å². The average molecular weight is 361 g/mol. The maximum Gasteiger partial charge on any atom is 0.275 e. The first-order valence-corrected chi connectivity index (χ1v) is 7.50. The van der Waals surface area contributed by atoms with Crippen molar-refractivity contribution in [2.75, 3.05) is 5.32 Å². The topological polar surface area (TPSA) is 68.0 Å². The highest BCUT2D eigenvalue weighted by molar-refractivity contribution is 9.10. The third-order valence-corrected chi connectivity index (χ3v) is 4.58. The molecule has 1 aromatic heterocycles. The summed E-state index contributed by atoms with van der Waals surface area (Å²) in [5.74, 6) is -0.266. The van der Waals surface area contributed by atoms with Gasteiger partial charge in [-0.3, -0.25) is 4.79 Å². The van der Waals surface area contributed by atoms with Crippen LogP contribution in [-0.2, 0) is 0 Å². The fourth-order valence-corrected chi connectivity index (χ4v) is 2.62.